The molecular formula is C13H12FN5O. The van der Waals surface area contributed by atoms with E-state index in [-0.39, 0.29) is 17.3 Å². The van der Waals surface area contributed by atoms with Crippen molar-refractivity contribution in [1.29, 1.82) is 0 Å². The van der Waals surface area contributed by atoms with E-state index in [9.17, 15) is 4.39 Å². The highest BCUT2D eigenvalue weighted by molar-refractivity contribution is 5.54. The summed E-state index contributed by atoms with van der Waals surface area (Å²) in [4.78, 5) is 11.0. The number of halogens is 1. The molecular weight excluding hydrogens is 261 g/mol. The number of aromatic amines is 1. The van der Waals surface area contributed by atoms with Crippen molar-refractivity contribution in [2.45, 2.75) is 12.5 Å². The summed E-state index contributed by atoms with van der Waals surface area (Å²) in [6, 6.07) is 5.77. The number of H-pyrrole nitrogens is 1. The van der Waals surface area contributed by atoms with E-state index in [1.165, 1.54) is 6.07 Å². The van der Waals surface area contributed by atoms with Gasteiger partial charge in [0.2, 0.25) is 11.7 Å². The van der Waals surface area contributed by atoms with Crippen LogP contribution in [0.2, 0.25) is 0 Å². The molecule has 0 radical (unpaired) electrons. The Bertz CT molecular complexity index is 694. The van der Waals surface area contributed by atoms with Gasteiger partial charge in [-0.25, -0.2) is 9.37 Å². The normalized spacial score (nSPS) is 12.5. The summed E-state index contributed by atoms with van der Waals surface area (Å²) in [7, 11) is 0. The van der Waals surface area contributed by atoms with Crippen LogP contribution >= 0.6 is 0 Å². The summed E-state index contributed by atoms with van der Waals surface area (Å²) in [6.45, 7) is 0. The van der Waals surface area contributed by atoms with Gasteiger partial charge in [-0.2, -0.15) is 4.98 Å². The fourth-order valence-corrected chi connectivity index (χ4v) is 1.86. The molecule has 0 aliphatic carbocycles. The molecule has 1 aromatic carbocycles. The average Bonchev–Trinajstić information content (AvgIpc) is 3.10. The van der Waals surface area contributed by atoms with Crippen LogP contribution in [0.5, 0.6) is 0 Å². The average molecular weight is 273 g/mol. The van der Waals surface area contributed by atoms with Gasteiger partial charge < -0.3 is 15.2 Å². The number of rotatable bonds is 4. The summed E-state index contributed by atoms with van der Waals surface area (Å²) in [6.07, 6.45) is 3.73. The second kappa shape index (κ2) is 5.22. The smallest absolute Gasteiger partial charge is 0.244 e. The van der Waals surface area contributed by atoms with Gasteiger partial charge in [-0.3, -0.25) is 0 Å². The molecule has 3 N–H and O–H groups in total. The topological polar surface area (TPSA) is 93.6 Å². The summed E-state index contributed by atoms with van der Waals surface area (Å²) in [5, 5.41) is 3.77. The van der Waals surface area contributed by atoms with Crippen molar-refractivity contribution in [2.75, 3.05) is 0 Å². The Balaban J connectivity index is 1.81. The third kappa shape index (κ3) is 2.43. The molecule has 0 saturated carbocycles. The standard InChI is InChI=1S/C13H12FN5O/c14-10-4-2-1-3-9(10)12-18-13(20-19-12)11(15)5-8-6-16-7-17-8/h1-4,6-7,11H,5,15H2,(H,16,17). The summed E-state index contributed by atoms with van der Waals surface area (Å²) in [5.74, 6) is 0.0537. The number of nitrogens with one attached hydrogen (secondary N) is 1. The molecule has 2 aromatic heterocycles. The Labute approximate surface area is 113 Å². The number of benzene rings is 1. The van der Waals surface area contributed by atoms with E-state index in [4.69, 9.17) is 10.3 Å². The Kier molecular flexibility index (Phi) is 3.26. The van der Waals surface area contributed by atoms with Gasteiger partial charge in [-0.15, -0.1) is 0 Å². The molecule has 1 atom stereocenters. The molecule has 0 amide bonds. The lowest BCUT2D eigenvalue weighted by atomic mass is 10.2. The Morgan fingerprint density at radius 1 is 1.35 bits per heavy atom. The van der Waals surface area contributed by atoms with Crippen molar-refractivity contribution >= 4 is 0 Å². The quantitative estimate of drug-likeness (QED) is 0.756. The second-order valence-electron chi connectivity index (χ2n) is 4.32. The van der Waals surface area contributed by atoms with E-state index in [1.807, 2.05) is 0 Å². The zero-order valence-electron chi connectivity index (χ0n) is 10.5. The first kappa shape index (κ1) is 12.5. The number of hydrogen-bond acceptors (Lipinski definition) is 5. The van der Waals surface area contributed by atoms with Crippen molar-refractivity contribution in [3.8, 4) is 11.4 Å². The number of hydrogen-bond donors (Lipinski definition) is 2. The Morgan fingerprint density at radius 2 is 2.20 bits per heavy atom. The Morgan fingerprint density at radius 3 is 2.95 bits per heavy atom. The number of nitrogens with zero attached hydrogens (tertiary/aromatic N) is 3. The van der Waals surface area contributed by atoms with Crippen LogP contribution in [-0.4, -0.2) is 20.1 Å². The fraction of sp³-hybridized carbons (Fsp3) is 0.154. The monoisotopic (exact) mass is 273 g/mol. The van der Waals surface area contributed by atoms with E-state index in [0.717, 1.165) is 5.69 Å². The first-order valence-electron chi connectivity index (χ1n) is 6.05. The van der Waals surface area contributed by atoms with Crippen molar-refractivity contribution < 1.29 is 8.91 Å². The largest absolute Gasteiger partial charge is 0.348 e. The van der Waals surface area contributed by atoms with Crippen LogP contribution in [0.4, 0.5) is 4.39 Å². The molecule has 0 spiro atoms. The van der Waals surface area contributed by atoms with Crippen molar-refractivity contribution in [1.82, 2.24) is 20.1 Å². The molecule has 102 valence electrons. The van der Waals surface area contributed by atoms with E-state index in [2.05, 4.69) is 20.1 Å². The minimum absolute atomic E-state index is 0.193. The van der Waals surface area contributed by atoms with Crippen LogP contribution in [-0.2, 0) is 6.42 Å². The van der Waals surface area contributed by atoms with E-state index in [1.54, 1.807) is 30.7 Å². The maximum Gasteiger partial charge on any atom is 0.244 e. The van der Waals surface area contributed by atoms with Gasteiger partial charge in [0.1, 0.15) is 5.82 Å². The highest BCUT2D eigenvalue weighted by atomic mass is 19.1. The highest BCUT2D eigenvalue weighted by Gasteiger charge is 2.18. The van der Waals surface area contributed by atoms with E-state index >= 15 is 0 Å². The van der Waals surface area contributed by atoms with E-state index < -0.39 is 11.9 Å². The minimum atomic E-state index is -0.469. The molecule has 6 nitrogen and oxygen atoms in total. The molecule has 0 aliphatic rings. The molecule has 7 heteroatoms. The van der Waals surface area contributed by atoms with Crippen LogP contribution in [0, 0.1) is 5.82 Å². The lowest BCUT2D eigenvalue weighted by molar-refractivity contribution is 0.353. The zero-order valence-corrected chi connectivity index (χ0v) is 10.5. The van der Waals surface area contributed by atoms with Gasteiger partial charge in [-0.05, 0) is 12.1 Å². The molecule has 1 unspecified atom stereocenters. The van der Waals surface area contributed by atoms with Crippen LogP contribution in [0.15, 0.2) is 41.3 Å². The minimum Gasteiger partial charge on any atom is -0.348 e. The highest BCUT2D eigenvalue weighted by Crippen LogP contribution is 2.21. The molecule has 3 aromatic rings. The van der Waals surface area contributed by atoms with Gasteiger partial charge in [0.15, 0.2) is 0 Å². The fourth-order valence-electron chi connectivity index (χ4n) is 1.86. The van der Waals surface area contributed by atoms with Crippen LogP contribution in [0.1, 0.15) is 17.6 Å². The third-order valence-electron chi connectivity index (χ3n) is 2.87. The maximum absolute atomic E-state index is 13.6. The molecule has 0 fully saturated rings. The maximum atomic E-state index is 13.6. The lowest BCUT2D eigenvalue weighted by Gasteiger charge is -2.03. The predicted molar refractivity (Wildman–Crippen MR) is 68.9 cm³/mol. The van der Waals surface area contributed by atoms with Crippen LogP contribution in [0.25, 0.3) is 11.4 Å². The first-order chi connectivity index (χ1) is 9.74. The second-order valence-corrected chi connectivity index (χ2v) is 4.32. The molecule has 2 heterocycles. The summed E-state index contributed by atoms with van der Waals surface area (Å²) >= 11 is 0. The number of nitrogens with two attached hydrogens (primary N) is 1. The Hall–Kier alpha value is -2.54. The predicted octanol–water partition coefficient (Wildman–Crippen LogP) is 1.84. The number of aromatic nitrogens is 4. The molecule has 0 aliphatic heterocycles. The number of imidazole rings is 1. The molecule has 0 saturated heterocycles. The van der Waals surface area contributed by atoms with Crippen LogP contribution in [0.3, 0.4) is 0 Å². The van der Waals surface area contributed by atoms with Crippen molar-refractivity contribution in [2.24, 2.45) is 5.73 Å². The van der Waals surface area contributed by atoms with Gasteiger partial charge in [0.25, 0.3) is 0 Å². The van der Waals surface area contributed by atoms with Gasteiger partial charge in [0.05, 0.1) is 17.9 Å². The van der Waals surface area contributed by atoms with Crippen molar-refractivity contribution in [3.63, 3.8) is 0 Å². The van der Waals surface area contributed by atoms with Gasteiger partial charge in [0, 0.05) is 18.3 Å². The van der Waals surface area contributed by atoms with E-state index in [0.29, 0.717) is 6.42 Å². The molecule has 20 heavy (non-hydrogen) atoms. The summed E-state index contributed by atoms with van der Waals surface area (Å²) in [5.41, 5.74) is 7.13. The lowest BCUT2D eigenvalue weighted by Crippen LogP contribution is -2.14. The SMILES string of the molecule is NC(Cc1cnc[nH]1)c1nc(-c2ccccc2F)no1. The summed E-state index contributed by atoms with van der Waals surface area (Å²) < 4.78 is 18.7. The van der Waals surface area contributed by atoms with Gasteiger partial charge in [-0.1, -0.05) is 17.3 Å². The zero-order chi connectivity index (χ0) is 13.9. The molecule has 3 rings (SSSR count). The van der Waals surface area contributed by atoms with Crippen molar-refractivity contribution in [3.05, 3.63) is 54.2 Å². The van der Waals surface area contributed by atoms with Gasteiger partial charge >= 0.3 is 0 Å². The third-order valence-corrected chi connectivity index (χ3v) is 2.87. The first-order valence-corrected chi connectivity index (χ1v) is 6.05. The molecule has 0 bridgehead atoms. The van der Waals surface area contributed by atoms with Crippen LogP contribution < -0.4 is 5.73 Å².